The zero-order chi connectivity index (χ0) is 25.0. The Morgan fingerprint density at radius 3 is 2.81 bits per heavy atom. The number of benzene rings is 1. The Morgan fingerprint density at radius 1 is 1.25 bits per heavy atom. The van der Waals surface area contributed by atoms with E-state index in [0.29, 0.717) is 30.7 Å². The molecule has 2 aromatic heterocycles. The Kier molecular flexibility index (Phi) is 4.39. The first kappa shape index (κ1) is 22.0. The number of carbonyl (C=O) groups excluding carboxylic acids is 1. The molecule has 0 radical (unpaired) electrons. The molecule has 3 aromatic rings. The van der Waals surface area contributed by atoms with Gasteiger partial charge in [0, 0.05) is 48.5 Å². The minimum Gasteiger partial charge on any atom is -0.353 e. The van der Waals surface area contributed by atoms with Crippen LogP contribution in [0.5, 0.6) is 0 Å². The molecule has 2 saturated heterocycles. The number of halogens is 1. The molecule has 4 heterocycles. The quantitative estimate of drug-likeness (QED) is 0.532. The first-order valence-corrected chi connectivity index (χ1v) is 13.0. The zero-order valence-corrected chi connectivity index (χ0v) is 21.2. The summed E-state index contributed by atoms with van der Waals surface area (Å²) in [5, 5.41) is 8.29. The number of likely N-dealkylation sites (tertiary alicyclic amines) is 1. The van der Waals surface area contributed by atoms with Crippen molar-refractivity contribution in [3.63, 3.8) is 0 Å². The molecule has 3 fully saturated rings. The van der Waals surface area contributed by atoms with Crippen LogP contribution in [0.3, 0.4) is 0 Å². The smallest absolute Gasteiger partial charge is 0.245 e. The molecule has 1 aromatic carbocycles. The summed E-state index contributed by atoms with van der Waals surface area (Å²) in [4.78, 5) is 21.1. The van der Waals surface area contributed by atoms with Gasteiger partial charge < -0.3 is 9.80 Å². The van der Waals surface area contributed by atoms with Crippen molar-refractivity contribution in [2.24, 2.45) is 16.7 Å². The number of amides is 1. The van der Waals surface area contributed by atoms with Crippen molar-refractivity contribution in [3.8, 4) is 11.1 Å². The molecule has 2 atom stereocenters. The van der Waals surface area contributed by atoms with Crippen LogP contribution in [0.25, 0.3) is 22.0 Å². The van der Waals surface area contributed by atoms with E-state index < -0.39 is 0 Å². The van der Waals surface area contributed by atoms with Gasteiger partial charge in [-0.1, -0.05) is 26.5 Å². The van der Waals surface area contributed by atoms with Gasteiger partial charge in [0.1, 0.15) is 0 Å². The molecule has 7 heteroatoms. The second kappa shape index (κ2) is 7.17. The molecule has 1 spiro atoms. The molecule has 2 bridgehead atoms. The standard InChI is InChI=1S/C29H32FN5O/c1-5-22(36)35-14-29(15-35)8-9-34(13-29)27-25(30)24(23-16(2)6-7-21-19(23)12-31-33-21)18-10-17-11-20(26(18)32-27)28(17,3)4/h5-7,12,17,20H,1,8-11,13-15H2,2-4H3,(H,31,33)/t17-,20-/m1/s1. The second-order valence-corrected chi connectivity index (χ2v) is 12.2. The number of anilines is 1. The summed E-state index contributed by atoms with van der Waals surface area (Å²) < 4.78 is 16.8. The van der Waals surface area contributed by atoms with Gasteiger partial charge in [0.25, 0.3) is 0 Å². The van der Waals surface area contributed by atoms with Crippen LogP contribution in [0.15, 0.2) is 31.0 Å². The van der Waals surface area contributed by atoms with Gasteiger partial charge in [0.2, 0.25) is 5.91 Å². The number of pyridine rings is 1. The fraction of sp³-hybridized carbons (Fsp3) is 0.483. The van der Waals surface area contributed by atoms with Crippen LogP contribution in [0.4, 0.5) is 10.2 Å². The Hall–Kier alpha value is -3.22. The van der Waals surface area contributed by atoms with Crippen LogP contribution < -0.4 is 4.90 Å². The van der Waals surface area contributed by atoms with Crippen LogP contribution in [0, 0.1) is 29.5 Å². The number of aryl methyl sites for hydroxylation is 1. The lowest BCUT2D eigenvalue weighted by Gasteiger charge is -2.57. The fourth-order valence-electron chi connectivity index (χ4n) is 7.52. The molecule has 3 aliphatic carbocycles. The number of carbonyl (C=O) groups is 1. The van der Waals surface area contributed by atoms with E-state index in [9.17, 15) is 4.79 Å². The number of fused-ring (bicyclic) bond motifs is 1. The zero-order valence-electron chi connectivity index (χ0n) is 21.2. The van der Waals surface area contributed by atoms with E-state index in [-0.39, 0.29) is 22.6 Å². The molecular formula is C29H32FN5O. The number of nitrogens with zero attached hydrogens (tertiary/aromatic N) is 4. The molecule has 6 nitrogen and oxygen atoms in total. The minimum absolute atomic E-state index is 0.0180. The Labute approximate surface area is 210 Å². The number of H-pyrrole nitrogens is 1. The third-order valence-corrected chi connectivity index (χ3v) is 9.86. The normalized spacial score (nSPS) is 25.0. The fourth-order valence-corrected chi connectivity index (χ4v) is 7.52. The summed E-state index contributed by atoms with van der Waals surface area (Å²) >= 11 is 0. The summed E-state index contributed by atoms with van der Waals surface area (Å²) in [5.41, 5.74) is 6.03. The molecule has 36 heavy (non-hydrogen) atoms. The highest BCUT2D eigenvalue weighted by atomic mass is 19.1. The maximum absolute atomic E-state index is 16.8. The summed E-state index contributed by atoms with van der Waals surface area (Å²) in [6.45, 7) is 13.2. The molecule has 186 valence electrons. The third kappa shape index (κ3) is 2.80. The van der Waals surface area contributed by atoms with Gasteiger partial charge in [-0.25, -0.2) is 9.37 Å². The van der Waals surface area contributed by atoms with Gasteiger partial charge in [-0.2, -0.15) is 5.10 Å². The Morgan fingerprint density at radius 2 is 2.06 bits per heavy atom. The van der Waals surface area contributed by atoms with E-state index in [0.717, 1.165) is 71.2 Å². The van der Waals surface area contributed by atoms with Crippen LogP contribution in [-0.4, -0.2) is 52.2 Å². The number of aromatic amines is 1. The first-order chi connectivity index (χ1) is 17.2. The topological polar surface area (TPSA) is 65.1 Å². The highest BCUT2D eigenvalue weighted by molar-refractivity contribution is 5.98. The maximum Gasteiger partial charge on any atom is 0.245 e. The second-order valence-electron chi connectivity index (χ2n) is 12.2. The predicted molar refractivity (Wildman–Crippen MR) is 138 cm³/mol. The van der Waals surface area contributed by atoms with Crippen molar-refractivity contribution in [2.45, 2.75) is 46.0 Å². The largest absolute Gasteiger partial charge is 0.353 e. The van der Waals surface area contributed by atoms with E-state index in [1.54, 1.807) is 0 Å². The number of nitrogens with one attached hydrogen (secondary N) is 1. The van der Waals surface area contributed by atoms with E-state index in [1.807, 2.05) is 17.2 Å². The highest BCUT2D eigenvalue weighted by Gasteiger charge is 2.55. The lowest BCUT2D eigenvalue weighted by molar-refractivity contribution is -0.136. The Balaban J connectivity index is 1.37. The summed E-state index contributed by atoms with van der Waals surface area (Å²) in [7, 11) is 0. The SMILES string of the molecule is C=CC(=O)N1CC2(CCN(c3nc4c(c(-c5c(C)ccc6[nH]ncc56)c3F)C[C@@H]3C[C@H]4C3(C)C)C2)C1. The van der Waals surface area contributed by atoms with E-state index in [4.69, 9.17) is 4.98 Å². The Bertz CT molecular complexity index is 1450. The molecule has 0 unspecified atom stereocenters. The number of hydrogen-bond donors (Lipinski definition) is 1. The van der Waals surface area contributed by atoms with E-state index in [2.05, 4.69) is 48.5 Å². The minimum atomic E-state index is -0.208. The van der Waals surface area contributed by atoms with Gasteiger partial charge in [0.15, 0.2) is 11.6 Å². The van der Waals surface area contributed by atoms with Crippen LogP contribution in [0.1, 0.15) is 49.4 Å². The molecule has 1 saturated carbocycles. The van der Waals surface area contributed by atoms with E-state index >= 15 is 4.39 Å². The summed E-state index contributed by atoms with van der Waals surface area (Å²) in [6, 6.07) is 4.07. The first-order valence-electron chi connectivity index (χ1n) is 13.0. The van der Waals surface area contributed by atoms with Crippen molar-refractivity contribution < 1.29 is 9.18 Å². The van der Waals surface area contributed by atoms with Gasteiger partial charge >= 0.3 is 0 Å². The summed E-state index contributed by atoms with van der Waals surface area (Å²) in [5.74, 6) is 1.16. The predicted octanol–water partition coefficient (Wildman–Crippen LogP) is 4.98. The van der Waals surface area contributed by atoms with Crippen LogP contribution in [-0.2, 0) is 11.2 Å². The maximum atomic E-state index is 16.8. The molecule has 2 aliphatic heterocycles. The molecule has 1 N–H and O–H groups in total. The highest BCUT2D eigenvalue weighted by Crippen LogP contribution is 2.63. The average Bonchev–Trinajstić information content (AvgIpc) is 3.50. The van der Waals surface area contributed by atoms with Gasteiger partial charge in [-0.3, -0.25) is 9.89 Å². The van der Waals surface area contributed by atoms with Crippen LogP contribution >= 0.6 is 0 Å². The van der Waals surface area contributed by atoms with Crippen molar-refractivity contribution >= 4 is 22.6 Å². The number of aromatic nitrogens is 3. The molecule has 8 rings (SSSR count). The number of hydrogen-bond acceptors (Lipinski definition) is 4. The molecule has 1 amide bonds. The van der Waals surface area contributed by atoms with E-state index in [1.165, 1.54) is 6.08 Å². The molecular weight excluding hydrogens is 453 g/mol. The van der Waals surface area contributed by atoms with Gasteiger partial charge in [0.05, 0.1) is 17.4 Å². The van der Waals surface area contributed by atoms with Gasteiger partial charge in [-0.05, 0) is 66.4 Å². The molecule has 5 aliphatic rings. The van der Waals surface area contributed by atoms with Crippen molar-refractivity contribution in [1.82, 2.24) is 20.1 Å². The van der Waals surface area contributed by atoms with Crippen molar-refractivity contribution in [3.05, 3.63) is 53.6 Å². The van der Waals surface area contributed by atoms with Crippen molar-refractivity contribution in [2.75, 3.05) is 31.1 Å². The number of rotatable bonds is 3. The van der Waals surface area contributed by atoms with Crippen molar-refractivity contribution in [1.29, 1.82) is 0 Å². The van der Waals surface area contributed by atoms with Gasteiger partial charge in [-0.15, -0.1) is 0 Å². The average molecular weight is 486 g/mol. The lowest BCUT2D eigenvalue weighted by atomic mass is 9.48. The van der Waals surface area contributed by atoms with Crippen LogP contribution in [0.2, 0.25) is 0 Å². The summed E-state index contributed by atoms with van der Waals surface area (Å²) in [6.07, 6.45) is 6.14. The lowest BCUT2D eigenvalue weighted by Crippen LogP contribution is -2.59. The third-order valence-electron chi connectivity index (χ3n) is 9.86. The monoisotopic (exact) mass is 485 g/mol.